The Labute approximate surface area is 192 Å². The van der Waals surface area contributed by atoms with Gasteiger partial charge in [0.2, 0.25) is 0 Å². The van der Waals surface area contributed by atoms with Crippen molar-refractivity contribution in [2.24, 2.45) is 0 Å². The second-order valence-electron chi connectivity index (χ2n) is 6.63. The molecule has 0 spiro atoms. The Balaban J connectivity index is 1.53. The third-order valence-corrected chi connectivity index (χ3v) is 5.62. The molecule has 0 saturated heterocycles. The van der Waals surface area contributed by atoms with Gasteiger partial charge < -0.3 is 10.1 Å². The van der Waals surface area contributed by atoms with Gasteiger partial charge in [0.25, 0.3) is 11.6 Å². The summed E-state index contributed by atoms with van der Waals surface area (Å²) >= 11 is 7.28. The number of ether oxygens (including phenoxy) is 1. The maximum atomic E-state index is 12.2. The largest absolute Gasteiger partial charge is 0.452 e. The number of thioether (sulfide) groups is 1. The minimum atomic E-state index is -1.06. The van der Waals surface area contributed by atoms with Gasteiger partial charge >= 0.3 is 5.97 Å². The number of esters is 1. The minimum absolute atomic E-state index is 0.0898. The summed E-state index contributed by atoms with van der Waals surface area (Å²) in [4.78, 5) is 34.6. The predicted molar refractivity (Wildman–Crippen MR) is 119 cm³/mol. The summed E-state index contributed by atoms with van der Waals surface area (Å²) in [6.45, 7) is 3.32. The molecule has 1 heterocycles. The number of carbonyl (C=O) groups is 2. The zero-order valence-electron chi connectivity index (χ0n) is 17.0. The van der Waals surface area contributed by atoms with Crippen LogP contribution >= 0.6 is 23.4 Å². The third kappa shape index (κ3) is 5.83. The number of amides is 1. The lowest BCUT2D eigenvalue weighted by molar-refractivity contribution is -0.384. The molecule has 10 nitrogen and oxygen atoms in total. The van der Waals surface area contributed by atoms with Crippen LogP contribution in [0.15, 0.2) is 53.9 Å². The van der Waals surface area contributed by atoms with Crippen molar-refractivity contribution in [1.29, 1.82) is 0 Å². The molecule has 32 heavy (non-hydrogen) atoms. The number of nitro benzene ring substituents is 1. The number of nitro groups is 1. The van der Waals surface area contributed by atoms with Crippen LogP contribution in [0, 0.1) is 17.0 Å². The number of aromatic nitrogens is 3. The molecule has 0 aliphatic rings. The van der Waals surface area contributed by atoms with Crippen LogP contribution in [-0.2, 0) is 14.3 Å². The molecule has 0 bridgehead atoms. The van der Waals surface area contributed by atoms with Gasteiger partial charge in [0.15, 0.2) is 11.3 Å². The zero-order chi connectivity index (χ0) is 23.3. The van der Waals surface area contributed by atoms with E-state index in [4.69, 9.17) is 16.3 Å². The summed E-state index contributed by atoms with van der Waals surface area (Å²) in [6.07, 6.45) is 0.446. The van der Waals surface area contributed by atoms with E-state index in [9.17, 15) is 19.7 Å². The second kappa shape index (κ2) is 10.2. The highest BCUT2D eigenvalue weighted by Crippen LogP contribution is 2.24. The molecule has 3 rings (SSSR count). The molecule has 1 atom stereocenters. The van der Waals surface area contributed by atoms with E-state index in [0.717, 1.165) is 23.0 Å². The maximum Gasteiger partial charge on any atom is 0.317 e. The van der Waals surface area contributed by atoms with Crippen molar-refractivity contribution in [2.45, 2.75) is 25.1 Å². The lowest BCUT2D eigenvalue weighted by Gasteiger charge is -2.13. The van der Waals surface area contributed by atoms with Gasteiger partial charge in [-0.05, 0) is 43.7 Å². The van der Waals surface area contributed by atoms with Crippen molar-refractivity contribution >= 4 is 46.6 Å². The van der Waals surface area contributed by atoms with E-state index in [-0.39, 0.29) is 11.4 Å². The van der Waals surface area contributed by atoms with Crippen LogP contribution in [-0.4, -0.2) is 43.4 Å². The lowest BCUT2D eigenvalue weighted by Crippen LogP contribution is -2.30. The Kier molecular flexibility index (Phi) is 7.44. The third-order valence-electron chi connectivity index (χ3n) is 4.29. The van der Waals surface area contributed by atoms with Crippen molar-refractivity contribution < 1.29 is 19.2 Å². The summed E-state index contributed by atoms with van der Waals surface area (Å²) in [5.41, 5.74) is 1.93. The average molecular weight is 476 g/mol. The van der Waals surface area contributed by atoms with Crippen molar-refractivity contribution in [1.82, 2.24) is 14.8 Å². The summed E-state index contributed by atoms with van der Waals surface area (Å²) in [5.74, 6) is -1.26. The lowest BCUT2D eigenvalue weighted by atomic mass is 10.2. The number of rotatable bonds is 8. The smallest absolute Gasteiger partial charge is 0.317 e. The molecule has 3 aromatic rings. The molecule has 0 radical (unpaired) electrons. The molecule has 1 unspecified atom stereocenters. The highest BCUT2D eigenvalue weighted by atomic mass is 35.5. The van der Waals surface area contributed by atoms with Gasteiger partial charge in [-0.1, -0.05) is 29.4 Å². The number of hydrogen-bond donors (Lipinski definition) is 1. The molecule has 1 aromatic heterocycles. The van der Waals surface area contributed by atoms with Gasteiger partial charge in [-0.15, -0.1) is 10.2 Å². The number of nitrogens with one attached hydrogen (secondary N) is 1. The van der Waals surface area contributed by atoms with Crippen LogP contribution in [0.1, 0.15) is 12.5 Å². The molecule has 1 amide bonds. The number of anilines is 1. The van der Waals surface area contributed by atoms with Crippen LogP contribution in [0.2, 0.25) is 5.02 Å². The van der Waals surface area contributed by atoms with Gasteiger partial charge in [-0.25, -0.2) is 0 Å². The SMILES string of the molecule is Cc1ccc(-n2cnnc2SCC(=O)OC(C)C(=O)Nc2ccc([N+](=O)[O-])cc2)cc1Cl. The number of carbonyl (C=O) groups excluding carboxylic acids is 2. The van der Waals surface area contributed by atoms with Crippen LogP contribution in [0.25, 0.3) is 5.69 Å². The molecule has 0 fully saturated rings. The van der Waals surface area contributed by atoms with Gasteiger partial charge in [0.05, 0.1) is 16.4 Å². The molecule has 1 N–H and O–H groups in total. The van der Waals surface area contributed by atoms with Gasteiger partial charge in [-0.2, -0.15) is 0 Å². The van der Waals surface area contributed by atoms with E-state index >= 15 is 0 Å². The second-order valence-corrected chi connectivity index (χ2v) is 7.98. The van der Waals surface area contributed by atoms with Crippen molar-refractivity contribution in [3.8, 4) is 5.69 Å². The van der Waals surface area contributed by atoms with E-state index in [2.05, 4.69) is 15.5 Å². The first-order valence-electron chi connectivity index (χ1n) is 9.28. The Hall–Kier alpha value is -3.44. The Morgan fingerprint density at radius 1 is 1.28 bits per heavy atom. The number of halogens is 1. The summed E-state index contributed by atoms with van der Waals surface area (Å²) in [5, 5.41) is 22.2. The predicted octanol–water partition coefficient (Wildman–Crippen LogP) is 3.80. The number of non-ortho nitro benzene ring substituents is 1. The highest BCUT2D eigenvalue weighted by molar-refractivity contribution is 7.99. The van der Waals surface area contributed by atoms with Crippen molar-refractivity contribution in [3.63, 3.8) is 0 Å². The Morgan fingerprint density at radius 2 is 2.00 bits per heavy atom. The monoisotopic (exact) mass is 475 g/mol. The molecular formula is C20H18ClN5O5S. The molecule has 166 valence electrons. The summed E-state index contributed by atoms with van der Waals surface area (Å²) in [6, 6.07) is 10.8. The van der Waals surface area contributed by atoms with Crippen LogP contribution in [0.3, 0.4) is 0 Å². The first-order chi connectivity index (χ1) is 15.2. The fraction of sp³-hybridized carbons (Fsp3) is 0.200. The zero-order valence-corrected chi connectivity index (χ0v) is 18.6. The number of nitrogens with zero attached hydrogens (tertiary/aromatic N) is 4. The Bertz CT molecular complexity index is 1150. The van der Waals surface area contributed by atoms with Crippen molar-refractivity contribution in [2.75, 3.05) is 11.1 Å². The maximum absolute atomic E-state index is 12.2. The van der Waals surface area contributed by atoms with Crippen molar-refractivity contribution in [3.05, 3.63) is 69.5 Å². The number of aryl methyl sites for hydroxylation is 1. The van der Waals surface area contributed by atoms with Crippen LogP contribution in [0.4, 0.5) is 11.4 Å². The van der Waals surface area contributed by atoms with E-state index in [1.807, 2.05) is 19.1 Å². The fourth-order valence-corrected chi connectivity index (χ4v) is 3.44. The number of hydrogen-bond acceptors (Lipinski definition) is 8. The standard InChI is InChI=1S/C20H18ClN5O5S/c1-12-3-6-16(9-17(12)21)25-11-22-24-20(25)32-10-18(27)31-13(2)19(28)23-14-4-7-15(8-5-14)26(29)30/h3-9,11,13H,10H2,1-2H3,(H,23,28). The van der Waals surface area contributed by atoms with Crippen LogP contribution < -0.4 is 5.32 Å². The highest BCUT2D eigenvalue weighted by Gasteiger charge is 2.19. The van der Waals surface area contributed by atoms with Gasteiger partial charge in [-0.3, -0.25) is 24.3 Å². The fourth-order valence-electron chi connectivity index (χ4n) is 2.55. The molecule has 0 aliphatic heterocycles. The number of benzene rings is 2. The van der Waals surface area contributed by atoms with E-state index < -0.39 is 22.9 Å². The molecule has 0 aliphatic carbocycles. The average Bonchev–Trinajstić information content (AvgIpc) is 3.23. The summed E-state index contributed by atoms with van der Waals surface area (Å²) in [7, 11) is 0. The van der Waals surface area contributed by atoms with E-state index in [1.165, 1.54) is 37.5 Å². The first-order valence-corrected chi connectivity index (χ1v) is 10.6. The van der Waals surface area contributed by atoms with E-state index in [1.54, 1.807) is 10.6 Å². The topological polar surface area (TPSA) is 129 Å². The summed E-state index contributed by atoms with van der Waals surface area (Å²) < 4.78 is 6.85. The van der Waals surface area contributed by atoms with Gasteiger partial charge in [0, 0.05) is 22.8 Å². The Morgan fingerprint density at radius 3 is 2.66 bits per heavy atom. The minimum Gasteiger partial charge on any atom is -0.452 e. The molecular weight excluding hydrogens is 458 g/mol. The quantitative estimate of drug-likeness (QED) is 0.225. The molecule has 2 aromatic carbocycles. The van der Waals surface area contributed by atoms with E-state index in [0.29, 0.717) is 15.9 Å². The van der Waals surface area contributed by atoms with Crippen LogP contribution in [0.5, 0.6) is 0 Å². The first kappa shape index (κ1) is 23.2. The normalized spacial score (nSPS) is 11.6. The van der Waals surface area contributed by atoms with Gasteiger partial charge in [0.1, 0.15) is 6.33 Å². The molecule has 12 heteroatoms. The molecule has 0 saturated carbocycles.